The Morgan fingerprint density at radius 2 is 1.88 bits per heavy atom. The van der Waals surface area contributed by atoms with E-state index >= 15 is 4.39 Å². The van der Waals surface area contributed by atoms with E-state index in [1.54, 1.807) is 48.7 Å². The van der Waals surface area contributed by atoms with E-state index in [9.17, 15) is 13.5 Å². The lowest BCUT2D eigenvalue weighted by atomic mass is 10.1. The number of fused-ring (bicyclic) bond motifs is 1. The summed E-state index contributed by atoms with van der Waals surface area (Å²) in [5.74, 6) is 0.0550. The first-order valence-electron chi connectivity index (χ1n) is 13.1. The molecule has 1 fully saturated rings. The summed E-state index contributed by atoms with van der Waals surface area (Å²) < 4.78 is 44.8. The Morgan fingerprint density at radius 3 is 2.52 bits per heavy atom. The molecule has 5 rings (SSSR count). The van der Waals surface area contributed by atoms with Crippen LogP contribution >= 0.6 is 11.6 Å². The smallest absolute Gasteiger partial charge is 0.243 e. The van der Waals surface area contributed by atoms with E-state index in [1.807, 2.05) is 20.8 Å². The van der Waals surface area contributed by atoms with Crippen LogP contribution in [0.1, 0.15) is 51.5 Å². The van der Waals surface area contributed by atoms with Gasteiger partial charge in [-0.25, -0.2) is 27.8 Å². The molecule has 212 valence electrons. The zero-order valence-electron chi connectivity index (χ0n) is 23.0. The fraction of sp³-hybridized carbons (Fsp3) is 0.393. The third-order valence-corrected chi connectivity index (χ3v) is 9.13. The van der Waals surface area contributed by atoms with Gasteiger partial charge in [-0.15, -0.1) is 0 Å². The number of aliphatic hydroxyl groups is 1. The predicted molar refractivity (Wildman–Crippen MR) is 153 cm³/mol. The summed E-state index contributed by atoms with van der Waals surface area (Å²) in [4.78, 5) is 13.5. The Labute approximate surface area is 238 Å². The van der Waals surface area contributed by atoms with Gasteiger partial charge in [0.15, 0.2) is 5.82 Å². The van der Waals surface area contributed by atoms with Crippen LogP contribution in [-0.4, -0.2) is 56.5 Å². The third kappa shape index (κ3) is 5.30. The van der Waals surface area contributed by atoms with E-state index in [-0.39, 0.29) is 40.0 Å². The van der Waals surface area contributed by atoms with Crippen molar-refractivity contribution in [1.29, 1.82) is 0 Å². The summed E-state index contributed by atoms with van der Waals surface area (Å²) in [5.41, 5.74) is 1.13. The predicted octanol–water partition coefficient (Wildman–Crippen LogP) is 5.28. The average molecular weight is 587 g/mol. The lowest BCUT2D eigenvalue weighted by Crippen LogP contribution is -2.32. The van der Waals surface area contributed by atoms with Crippen molar-refractivity contribution in [3.63, 3.8) is 0 Å². The van der Waals surface area contributed by atoms with Crippen molar-refractivity contribution in [2.75, 3.05) is 18.4 Å². The van der Waals surface area contributed by atoms with Gasteiger partial charge in [-0.05, 0) is 65.3 Å². The molecule has 1 saturated heterocycles. The summed E-state index contributed by atoms with van der Waals surface area (Å²) in [6.07, 6.45) is 2.01. The summed E-state index contributed by atoms with van der Waals surface area (Å²) in [6.45, 7) is 9.62. The van der Waals surface area contributed by atoms with Crippen LogP contribution < -0.4 is 5.32 Å². The van der Waals surface area contributed by atoms with Crippen molar-refractivity contribution in [2.24, 2.45) is 0 Å². The van der Waals surface area contributed by atoms with Crippen molar-refractivity contribution in [1.82, 2.24) is 23.8 Å². The second-order valence-corrected chi connectivity index (χ2v) is 13.3. The molecule has 2 aromatic heterocycles. The Morgan fingerprint density at radius 1 is 1.18 bits per heavy atom. The van der Waals surface area contributed by atoms with Gasteiger partial charge in [0.2, 0.25) is 16.0 Å². The zero-order chi connectivity index (χ0) is 29.0. The molecule has 3 heterocycles. The van der Waals surface area contributed by atoms with Crippen LogP contribution in [0.15, 0.2) is 47.5 Å². The molecule has 0 aliphatic carbocycles. The molecule has 0 spiro atoms. The molecule has 1 aliphatic rings. The largest absolute Gasteiger partial charge is 0.383 e. The Balaban J connectivity index is 1.43. The van der Waals surface area contributed by atoms with Crippen LogP contribution in [0.3, 0.4) is 0 Å². The molecule has 1 unspecified atom stereocenters. The number of hydrogen-bond donors (Lipinski definition) is 2. The highest BCUT2D eigenvalue weighted by Gasteiger charge is 2.33. The van der Waals surface area contributed by atoms with Crippen LogP contribution in [0, 0.1) is 12.7 Å². The van der Waals surface area contributed by atoms with Crippen molar-refractivity contribution < 1.29 is 17.9 Å². The first-order valence-corrected chi connectivity index (χ1v) is 14.9. The van der Waals surface area contributed by atoms with Gasteiger partial charge >= 0.3 is 0 Å². The van der Waals surface area contributed by atoms with Crippen molar-refractivity contribution in [3.8, 4) is 11.3 Å². The summed E-state index contributed by atoms with van der Waals surface area (Å²) in [5, 5.41) is 14.1. The monoisotopic (exact) mass is 586 g/mol. The van der Waals surface area contributed by atoms with Crippen LogP contribution in [0.2, 0.25) is 5.02 Å². The molecule has 1 atom stereocenters. The molecule has 9 nitrogen and oxygen atoms in total. The highest BCUT2D eigenvalue weighted by atomic mass is 35.5. The molecule has 2 N–H and O–H groups in total. The third-order valence-electron chi connectivity index (χ3n) is 6.97. The maximum atomic E-state index is 15.3. The van der Waals surface area contributed by atoms with Gasteiger partial charge in [0.05, 0.1) is 27.3 Å². The van der Waals surface area contributed by atoms with Gasteiger partial charge in [-0.2, -0.15) is 4.31 Å². The fourth-order valence-electron chi connectivity index (χ4n) is 4.99. The molecule has 0 saturated carbocycles. The number of hydrogen-bond acceptors (Lipinski definition) is 7. The highest BCUT2D eigenvalue weighted by molar-refractivity contribution is 7.89. The van der Waals surface area contributed by atoms with Gasteiger partial charge in [-0.3, -0.25) is 0 Å². The molecule has 12 heteroatoms. The number of aryl methyl sites for hydroxylation is 1. The molecule has 4 aromatic rings. The second kappa shape index (κ2) is 10.4. The number of nitrogens with one attached hydrogen (secondary N) is 1. The minimum atomic E-state index is -3.62. The summed E-state index contributed by atoms with van der Waals surface area (Å²) >= 11 is 6.47. The van der Waals surface area contributed by atoms with E-state index in [0.717, 1.165) is 5.56 Å². The second-order valence-electron chi connectivity index (χ2n) is 11.0. The van der Waals surface area contributed by atoms with E-state index in [2.05, 4.69) is 20.3 Å². The number of sulfonamides is 1. The van der Waals surface area contributed by atoms with Gasteiger partial charge in [0.1, 0.15) is 16.9 Å². The minimum Gasteiger partial charge on any atom is -0.383 e. The molecule has 2 aromatic carbocycles. The van der Waals surface area contributed by atoms with Gasteiger partial charge in [-0.1, -0.05) is 29.3 Å². The number of imidazole rings is 1. The lowest BCUT2D eigenvalue weighted by molar-refractivity contribution is 0.0641. The molecule has 0 bridgehead atoms. The number of rotatable bonds is 7. The van der Waals surface area contributed by atoms with Crippen LogP contribution in [-0.2, 0) is 15.6 Å². The topological polar surface area (TPSA) is 113 Å². The van der Waals surface area contributed by atoms with Crippen molar-refractivity contribution in [3.05, 3.63) is 64.8 Å². The Hall–Kier alpha value is -3.12. The molecular formula is C28H32ClFN6O3S. The minimum absolute atomic E-state index is 0.0966. The van der Waals surface area contributed by atoms with Crippen LogP contribution in [0.25, 0.3) is 22.3 Å². The van der Waals surface area contributed by atoms with E-state index in [4.69, 9.17) is 11.6 Å². The number of aromatic nitrogens is 4. The number of nitrogens with zero attached hydrogens (tertiary/aromatic N) is 5. The van der Waals surface area contributed by atoms with Crippen LogP contribution in [0.5, 0.6) is 0 Å². The zero-order valence-corrected chi connectivity index (χ0v) is 24.6. The van der Waals surface area contributed by atoms with Gasteiger partial charge < -0.3 is 15.0 Å². The van der Waals surface area contributed by atoms with Gasteiger partial charge in [0.25, 0.3) is 0 Å². The first-order chi connectivity index (χ1) is 18.8. The molecule has 1 aliphatic heterocycles. The maximum absolute atomic E-state index is 15.3. The molecule has 0 amide bonds. The SMILES string of the molecule is Cc1ccc(S(=O)(=O)N2CCC(Nc3ncc(Cl)c(-c4cc(F)c5nc(C(C)(C)O)n(C(C)C)c5c4)n3)C2)cc1. The lowest BCUT2D eigenvalue weighted by Gasteiger charge is -2.21. The Bertz CT molecular complexity index is 1680. The van der Waals surface area contributed by atoms with Crippen molar-refractivity contribution in [2.45, 2.75) is 63.6 Å². The number of halogens is 2. The summed E-state index contributed by atoms with van der Waals surface area (Å²) in [6, 6.07) is 9.55. The molecule has 0 radical (unpaired) electrons. The molecule has 40 heavy (non-hydrogen) atoms. The summed E-state index contributed by atoms with van der Waals surface area (Å²) in [7, 11) is -3.62. The average Bonchev–Trinajstić information content (AvgIpc) is 3.51. The van der Waals surface area contributed by atoms with Gasteiger partial charge in [0, 0.05) is 30.7 Å². The standard InChI is InChI=1S/C28H32ClFN6O3S/c1-16(2)36-23-13-18(12-22(30)25(23)33-26(36)28(4,5)37)24-21(29)14-31-27(34-24)32-19-10-11-35(15-19)40(38,39)20-8-6-17(3)7-9-20/h6-9,12-14,16,19,37H,10-11,15H2,1-5H3,(H,31,32,34). The van der Waals surface area contributed by atoms with Crippen molar-refractivity contribution >= 4 is 38.6 Å². The fourth-order valence-corrected chi connectivity index (χ4v) is 6.69. The number of benzene rings is 2. The quantitative estimate of drug-likeness (QED) is 0.303. The number of anilines is 1. The first kappa shape index (κ1) is 28.4. The highest BCUT2D eigenvalue weighted by Crippen LogP contribution is 2.35. The van der Waals surface area contributed by atoms with E-state index in [1.165, 1.54) is 16.6 Å². The normalized spacial score (nSPS) is 16.8. The van der Waals surface area contributed by atoms with E-state index in [0.29, 0.717) is 35.6 Å². The molecular weight excluding hydrogens is 555 g/mol. The van der Waals surface area contributed by atoms with Crippen LogP contribution in [0.4, 0.5) is 10.3 Å². The van der Waals surface area contributed by atoms with E-state index < -0.39 is 21.4 Å². The Kier molecular flexibility index (Phi) is 7.37. The maximum Gasteiger partial charge on any atom is 0.243 e.